The first-order valence-electron chi connectivity index (χ1n) is 3.93. The van der Waals surface area contributed by atoms with E-state index in [0.717, 1.165) is 0 Å². The van der Waals surface area contributed by atoms with E-state index < -0.39 is 13.7 Å². The maximum absolute atomic E-state index is 12.0. The van der Waals surface area contributed by atoms with Gasteiger partial charge in [0.25, 0.3) is 0 Å². The summed E-state index contributed by atoms with van der Waals surface area (Å²) in [5.41, 5.74) is 0.362. The van der Waals surface area contributed by atoms with Gasteiger partial charge in [-0.25, -0.2) is 0 Å². The number of ether oxygens (including phenoxy) is 1. The number of para-hydroxylation sites is 1. The zero-order valence-corrected chi connectivity index (χ0v) is 7.45. The third-order valence-corrected chi connectivity index (χ3v) is 1.73. The first kappa shape index (κ1) is 10.9. The van der Waals surface area contributed by atoms with Gasteiger partial charge in [0.05, 0.1) is 0 Å². The summed E-state index contributed by atoms with van der Waals surface area (Å²) < 4.78 is 28.1. The lowest BCUT2D eigenvalue weighted by Gasteiger charge is -2.12. The molecule has 0 aliphatic heterocycles. The Morgan fingerprint density at radius 3 is 2.50 bits per heavy atom. The van der Waals surface area contributed by atoms with Gasteiger partial charge in [0.15, 0.2) is 0 Å². The summed E-state index contributed by atoms with van der Waals surface area (Å²) >= 11 is 0. The second-order valence-electron chi connectivity index (χ2n) is 2.75. The first-order valence-corrected chi connectivity index (χ1v) is 3.93. The standard InChI is InChI=1S/C8H9BF2O3/c1-5-3-2-4-6(9(12)13)7(5)14-8(10)11/h2-4,8,12-13H,1H3. The van der Waals surface area contributed by atoms with Crippen LogP contribution in [0.25, 0.3) is 0 Å². The van der Waals surface area contributed by atoms with Crippen LogP contribution in [-0.2, 0) is 0 Å². The third kappa shape index (κ3) is 2.43. The molecule has 0 aromatic heterocycles. The highest BCUT2D eigenvalue weighted by Gasteiger charge is 2.20. The topological polar surface area (TPSA) is 49.7 Å². The van der Waals surface area contributed by atoms with E-state index in [9.17, 15) is 8.78 Å². The highest BCUT2D eigenvalue weighted by molar-refractivity contribution is 6.59. The van der Waals surface area contributed by atoms with Gasteiger partial charge in [-0.05, 0) is 12.5 Å². The van der Waals surface area contributed by atoms with Gasteiger partial charge in [-0.15, -0.1) is 0 Å². The number of alkyl halides is 2. The second kappa shape index (κ2) is 4.39. The fraction of sp³-hybridized carbons (Fsp3) is 0.250. The molecule has 1 aromatic rings. The highest BCUT2D eigenvalue weighted by atomic mass is 19.3. The van der Waals surface area contributed by atoms with Crippen LogP contribution in [0.4, 0.5) is 8.78 Å². The van der Waals surface area contributed by atoms with Crippen molar-refractivity contribution in [1.29, 1.82) is 0 Å². The van der Waals surface area contributed by atoms with Crippen molar-refractivity contribution in [2.75, 3.05) is 0 Å². The molecule has 0 heterocycles. The largest absolute Gasteiger partial charge is 0.492 e. The van der Waals surface area contributed by atoms with Gasteiger partial charge in [0.1, 0.15) is 5.75 Å². The van der Waals surface area contributed by atoms with Crippen molar-refractivity contribution in [3.05, 3.63) is 23.8 Å². The molecule has 0 aliphatic carbocycles. The molecule has 0 spiro atoms. The van der Waals surface area contributed by atoms with Crippen molar-refractivity contribution in [3.8, 4) is 5.75 Å². The minimum absolute atomic E-state index is 0.0645. The Bertz CT molecular complexity index is 317. The van der Waals surface area contributed by atoms with E-state index in [1.165, 1.54) is 12.1 Å². The van der Waals surface area contributed by atoms with Crippen LogP contribution in [0.3, 0.4) is 0 Å². The minimum Gasteiger partial charge on any atom is -0.435 e. The molecule has 3 nitrogen and oxygen atoms in total. The van der Waals surface area contributed by atoms with E-state index in [0.29, 0.717) is 5.56 Å². The Morgan fingerprint density at radius 2 is 2.00 bits per heavy atom. The van der Waals surface area contributed by atoms with E-state index in [4.69, 9.17) is 10.0 Å². The Balaban J connectivity index is 3.09. The van der Waals surface area contributed by atoms with E-state index in [1.807, 2.05) is 0 Å². The lowest BCUT2D eigenvalue weighted by Crippen LogP contribution is -2.32. The van der Waals surface area contributed by atoms with E-state index in [-0.39, 0.29) is 11.2 Å². The second-order valence-corrected chi connectivity index (χ2v) is 2.75. The van der Waals surface area contributed by atoms with Crippen LogP contribution in [0.5, 0.6) is 5.75 Å². The molecule has 1 aromatic carbocycles. The van der Waals surface area contributed by atoms with Gasteiger partial charge in [0.2, 0.25) is 0 Å². The van der Waals surface area contributed by atoms with Crippen LogP contribution in [0.15, 0.2) is 18.2 Å². The molecule has 14 heavy (non-hydrogen) atoms. The highest BCUT2D eigenvalue weighted by Crippen LogP contribution is 2.17. The predicted octanol–water partition coefficient (Wildman–Crippen LogP) is 0.276. The molecule has 0 amide bonds. The number of benzene rings is 1. The summed E-state index contributed by atoms with van der Waals surface area (Å²) in [5, 5.41) is 17.7. The molecule has 76 valence electrons. The normalized spacial score (nSPS) is 10.4. The van der Waals surface area contributed by atoms with Gasteiger partial charge >= 0.3 is 13.7 Å². The fourth-order valence-electron chi connectivity index (χ4n) is 1.13. The Kier molecular flexibility index (Phi) is 3.43. The van der Waals surface area contributed by atoms with Crippen molar-refractivity contribution in [1.82, 2.24) is 0 Å². The smallest absolute Gasteiger partial charge is 0.435 e. The van der Waals surface area contributed by atoms with Crippen LogP contribution in [-0.4, -0.2) is 23.8 Å². The average molecular weight is 202 g/mol. The lowest BCUT2D eigenvalue weighted by molar-refractivity contribution is -0.0496. The zero-order valence-electron chi connectivity index (χ0n) is 7.45. The maximum Gasteiger partial charge on any atom is 0.492 e. The van der Waals surface area contributed by atoms with Gasteiger partial charge in [-0.3, -0.25) is 0 Å². The average Bonchev–Trinajstić information content (AvgIpc) is 2.07. The summed E-state index contributed by atoms with van der Waals surface area (Å²) in [6, 6.07) is 4.39. The summed E-state index contributed by atoms with van der Waals surface area (Å²) in [5.74, 6) is -0.183. The van der Waals surface area contributed by atoms with Crippen molar-refractivity contribution in [2.45, 2.75) is 13.5 Å². The monoisotopic (exact) mass is 202 g/mol. The molecule has 0 radical (unpaired) electrons. The molecule has 0 aliphatic rings. The number of aryl methyl sites for hydroxylation is 1. The Labute approximate surface area is 80.1 Å². The zero-order chi connectivity index (χ0) is 10.7. The molecule has 2 N–H and O–H groups in total. The molecular weight excluding hydrogens is 193 g/mol. The maximum atomic E-state index is 12.0. The van der Waals surface area contributed by atoms with E-state index in [2.05, 4.69) is 4.74 Å². The van der Waals surface area contributed by atoms with E-state index in [1.54, 1.807) is 13.0 Å². The fourth-order valence-corrected chi connectivity index (χ4v) is 1.13. The first-order chi connectivity index (χ1) is 6.52. The molecule has 0 atom stereocenters. The summed E-state index contributed by atoms with van der Waals surface area (Å²) in [6.07, 6.45) is 0. The number of halogens is 2. The predicted molar refractivity (Wildman–Crippen MR) is 47.6 cm³/mol. The Morgan fingerprint density at radius 1 is 1.36 bits per heavy atom. The number of rotatable bonds is 3. The van der Waals surface area contributed by atoms with E-state index >= 15 is 0 Å². The summed E-state index contributed by atoms with van der Waals surface area (Å²) in [7, 11) is -1.82. The van der Waals surface area contributed by atoms with Crippen LogP contribution >= 0.6 is 0 Å². The van der Waals surface area contributed by atoms with Gasteiger partial charge in [-0.1, -0.05) is 18.2 Å². The van der Waals surface area contributed by atoms with Crippen LogP contribution < -0.4 is 10.2 Å². The molecule has 0 fully saturated rings. The SMILES string of the molecule is Cc1cccc(B(O)O)c1OC(F)F. The van der Waals surface area contributed by atoms with Gasteiger partial charge in [0, 0.05) is 5.46 Å². The van der Waals surface area contributed by atoms with Crippen molar-refractivity contribution in [2.24, 2.45) is 0 Å². The molecule has 0 unspecified atom stereocenters. The molecule has 6 heteroatoms. The van der Waals surface area contributed by atoms with Crippen LogP contribution in [0.2, 0.25) is 0 Å². The third-order valence-electron chi connectivity index (χ3n) is 1.73. The lowest BCUT2D eigenvalue weighted by atomic mass is 9.79. The van der Waals surface area contributed by atoms with Crippen molar-refractivity contribution < 1.29 is 23.6 Å². The number of hydrogen-bond acceptors (Lipinski definition) is 3. The van der Waals surface area contributed by atoms with Gasteiger partial charge < -0.3 is 14.8 Å². The van der Waals surface area contributed by atoms with Crippen molar-refractivity contribution >= 4 is 12.6 Å². The summed E-state index contributed by atoms with van der Waals surface area (Å²) in [6.45, 7) is -1.43. The molecule has 0 saturated carbocycles. The molecular formula is C8H9BF2O3. The van der Waals surface area contributed by atoms with Gasteiger partial charge in [-0.2, -0.15) is 8.78 Å². The number of hydrogen-bond donors (Lipinski definition) is 2. The Hall–Kier alpha value is -1.14. The minimum atomic E-state index is -2.98. The van der Waals surface area contributed by atoms with Crippen LogP contribution in [0, 0.1) is 6.92 Å². The van der Waals surface area contributed by atoms with Crippen LogP contribution in [0.1, 0.15) is 5.56 Å². The molecule has 1 rings (SSSR count). The summed E-state index contributed by atoms with van der Waals surface area (Å²) in [4.78, 5) is 0. The molecule has 0 saturated heterocycles. The molecule has 0 bridgehead atoms. The quantitative estimate of drug-likeness (QED) is 0.692. The van der Waals surface area contributed by atoms with Crippen molar-refractivity contribution in [3.63, 3.8) is 0 Å².